The molecule has 0 spiro atoms. The molecule has 20 heavy (non-hydrogen) atoms. The molecule has 0 aromatic heterocycles. The first-order chi connectivity index (χ1) is 9.08. The zero-order valence-electron chi connectivity index (χ0n) is 12.7. The van der Waals surface area contributed by atoms with E-state index in [9.17, 15) is 13.2 Å². The predicted molar refractivity (Wildman–Crippen MR) is 75.3 cm³/mol. The van der Waals surface area contributed by atoms with Gasteiger partial charge in [0, 0.05) is 13.1 Å². The van der Waals surface area contributed by atoms with E-state index in [4.69, 9.17) is 9.02 Å². The van der Waals surface area contributed by atoms with Gasteiger partial charge in [-0.25, -0.2) is 4.79 Å². The Hall–Kier alpha value is -0.660. The van der Waals surface area contributed by atoms with Gasteiger partial charge in [0.25, 0.3) is 10.1 Å². The maximum absolute atomic E-state index is 11.7. The van der Waals surface area contributed by atoms with Crippen LogP contribution in [0, 0.1) is 11.3 Å². The molecule has 0 radical (unpaired) electrons. The van der Waals surface area contributed by atoms with Crippen LogP contribution in [0.4, 0.5) is 0 Å². The van der Waals surface area contributed by atoms with Gasteiger partial charge in [-0.1, -0.05) is 0 Å². The number of nitrogens with zero attached hydrogens (tertiary/aromatic N) is 1. The minimum absolute atomic E-state index is 0.226. The fourth-order valence-corrected chi connectivity index (χ4v) is 2.31. The lowest BCUT2D eigenvalue weighted by Crippen LogP contribution is -2.39. The number of rotatable bonds is 5. The summed E-state index contributed by atoms with van der Waals surface area (Å²) >= 11 is 0. The van der Waals surface area contributed by atoms with Gasteiger partial charge in [-0.3, -0.25) is 4.18 Å². The average molecular weight is 307 g/mol. The van der Waals surface area contributed by atoms with E-state index in [0.29, 0.717) is 25.4 Å². The fraction of sp³-hybridized carbons (Fsp3) is 0.923. The van der Waals surface area contributed by atoms with Crippen molar-refractivity contribution in [1.29, 1.82) is 0 Å². The lowest BCUT2D eigenvalue weighted by atomic mass is 9.95. The number of carbonyl (C=O) groups is 1. The molecule has 1 rings (SSSR count). The van der Waals surface area contributed by atoms with Gasteiger partial charge >= 0.3 is 5.97 Å². The molecule has 1 aliphatic heterocycles. The van der Waals surface area contributed by atoms with Crippen molar-refractivity contribution in [2.75, 3.05) is 26.0 Å². The van der Waals surface area contributed by atoms with Crippen molar-refractivity contribution in [3.8, 4) is 0 Å². The molecule has 1 saturated heterocycles. The van der Waals surface area contributed by atoms with E-state index in [0.717, 1.165) is 19.1 Å². The Morgan fingerprint density at radius 1 is 1.25 bits per heavy atom. The van der Waals surface area contributed by atoms with E-state index in [1.165, 1.54) is 0 Å². The molecule has 6 nitrogen and oxygen atoms in total. The molecular weight excluding hydrogens is 282 g/mol. The van der Waals surface area contributed by atoms with Gasteiger partial charge in [0.2, 0.25) is 0 Å². The monoisotopic (exact) mass is 307 g/mol. The highest BCUT2D eigenvalue weighted by Gasteiger charge is 2.28. The highest BCUT2D eigenvalue weighted by atomic mass is 32.2. The zero-order valence-corrected chi connectivity index (χ0v) is 13.5. The molecule has 0 aliphatic carbocycles. The molecule has 0 unspecified atom stereocenters. The second-order valence-corrected chi connectivity index (χ2v) is 7.96. The molecule has 0 atom stereocenters. The lowest BCUT2D eigenvalue weighted by molar-refractivity contribution is -0.206. The number of hydrogen-bond acceptors (Lipinski definition) is 6. The maximum Gasteiger partial charge on any atom is 0.330 e. The summed E-state index contributed by atoms with van der Waals surface area (Å²) in [5, 5.41) is 1.70. The van der Waals surface area contributed by atoms with E-state index >= 15 is 0 Å². The summed E-state index contributed by atoms with van der Waals surface area (Å²) in [4.78, 5) is 17.1. The Kier molecular flexibility index (Phi) is 5.97. The van der Waals surface area contributed by atoms with E-state index in [2.05, 4.69) is 0 Å². The van der Waals surface area contributed by atoms with E-state index in [1.54, 1.807) is 5.06 Å². The molecule has 0 N–H and O–H groups in total. The first kappa shape index (κ1) is 17.4. The minimum atomic E-state index is -3.35. The third-order valence-electron chi connectivity index (χ3n) is 3.22. The standard InChI is InChI=1S/C13H25NO5S/c1-13(2,3)12(15)19-14-8-5-11(6-9-14)7-10-18-20(4,16)17/h11H,5-10H2,1-4H3. The molecular formula is C13H25NO5S. The summed E-state index contributed by atoms with van der Waals surface area (Å²) in [6, 6.07) is 0. The maximum atomic E-state index is 11.7. The zero-order chi connectivity index (χ0) is 15.4. The quantitative estimate of drug-likeness (QED) is 0.718. The fourth-order valence-electron chi connectivity index (χ4n) is 1.91. The van der Waals surface area contributed by atoms with Crippen LogP contribution in [0.3, 0.4) is 0 Å². The number of piperidine rings is 1. The van der Waals surface area contributed by atoms with Gasteiger partial charge in [0.15, 0.2) is 0 Å². The van der Waals surface area contributed by atoms with Crippen molar-refractivity contribution in [3.05, 3.63) is 0 Å². The van der Waals surface area contributed by atoms with Crippen molar-refractivity contribution in [2.24, 2.45) is 11.3 Å². The van der Waals surface area contributed by atoms with Crippen LogP contribution in [0.5, 0.6) is 0 Å². The van der Waals surface area contributed by atoms with Gasteiger partial charge in [-0.2, -0.15) is 8.42 Å². The summed E-state index contributed by atoms with van der Waals surface area (Å²) in [6.07, 6.45) is 3.53. The Balaban J connectivity index is 2.25. The van der Waals surface area contributed by atoms with E-state index in [1.807, 2.05) is 20.8 Å². The van der Waals surface area contributed by atoms with Crippen LogP contribution in [-0.4, -0.2) is 45.4 Å². The summed E-state index contributed by atoms with van der Waals surface area (Å²) in [6.45, 7) is 7.07. The van der Waals surface area contributed by atoms with Gasteiger partial charge in [0.1, 0.15) is 0 Å². The van der Waals surface area contributed by atoms with Crippen LogP contribution < -0.4 is 0 Å². The SMILES string of the molecule is CC(C)(C)C(=O)ON1CCC(CCOS(C)(=O)=O)CC1. The second kappa shape index (κ2) is 6.87. The van der Waals surface area contributed by atoms with Crippen LogP contribution in [0.2, 0.25) is 0 Å². The van der Waals surface area contributed by atoms with Crippen molar-refractivity contribution < 1.29 is 22.2 Å². The Morgan fingerprint density at radius 3 is 2.25 bits per heavy atom. The minimum Gasteiger partial charge on any atom is -0.367 e. The van der Waals surface area contributed by atoms with Crippen LogP contribution in [0.25, 0.3) is 0 Å². The van der Waals surface area contributed by atoms with Crippen LogP contribution in [0.15, 0.2) is 0 Å². The topological polar surface area (TPSA) is 72.9 Å². The van der Waals surface area contributed by atoms with E-state index in [-0.39, 0.29) is 12.6 Å². The number of hydrogen-bond donors (Lipinski definition) is 0. The normalized spacial score (nSPS) is 19.0. The van der Waals surface area contributed by atoms with Crippen molar-refractivity contribution in [3.63, 3.8) is 0 Å². The molecule has 0 aromatic carbocycles. The predicted octanol–water partition coefficient (Wildman–Crippen LogP) is 1.57. The lowest BCUT2D eigenvalue weighted by Gasteiger charge is -2.32. The molecule has 1 aliphatic rings. The van der Waals surface area contributed by atoms with Crippen molar-refractivity contribution in [1.82, 2.24) is 5.06 Å². The average Bonchev–Trinajstić information content (AvgIpc) is 2.28. The molecule has 0 aromatic rings. The highest BCUT2D eigenvalue weighted by Crippen LogP contribution is 2.23. The molecule has 0 amide bonds. The molecule has 1 heterocycles. The first-order valence-corrected chi connectivity index (χ1v) is 8.71. The summed E-state index contributed by atoms with van der Waals surface area (Å²) in [7, 11) is -3.35. The van der Waals surface area contributed by atoms with Gasteiger partial charge < -0.3 is 4.84 Å². The van der Waals surface area contributed by atoms with Crippen LogP contribution in [0.1, 0.15) is 40.0 Å². The smallest absolute Gasteiger partial charge is 0.330 e. The van der Waals surface area contributed by atoms with Gasteiger partial charge in [-0.05, 0) is 46.0 Å². The highest BCUT2D eigenvalue weighted by molar-refractivity contribution is 7.85. The Morgan fingerprint density at radius 2 is 1.80 bits per heavy atom. The first-order valence-electron chi connectivity index (χ1n) is 6.89. The number of carbonyl (C=O) groups excluding carboxylic acids is 1. The largest absolute Gasteiger partial charge is 0.367 e. The van der Waals surface area contributed by atoms with Crippen LogP contribution >= 0.6 is 0 Å². The Labute approximate surface area is 121 Å². The van der Waals surface area contributed by atoms with Crippen molar-refractivity contribution in [2.45, 2.75) is 40.0 Å². The molecule has 0 bridgehead atoms. The third-order valence-corrected chi connectivity index (χ3v) is 3.82. The van der Waals surface area contributed by atoms with Gasteiger partial charge in [0.05, 0.1) is 18.3 Å². The van der Waals surface area contributed by atoms with Gasteiger partial charge in [-0.15, -0.1) is 5.06 Å². The van der Waals surface area contributed by atoms with Crippen molar-refractivity contribution >= 4 is 16.1 Å². The second-order valence-electron chi connectivity index (χ2n) is 6.32. The van der Waals surface area contributed by atoms with Crippen LogP contribution in [-0.2, 0) is 23.9 Å². The summed E-state index contributed by atoms with van der Waals surface area (Å²) in [5.74, 6) is 0.192. The number of hydroxylamine groups is 2. The van der Waals surface area contributed by atoms with E-state index < -0.39 is 15.5 Å². The molecule has 0 saturated carbocycles. The molecule has 1 fully saturated rings. The molecule has 118 valence electrons. The third kappa shape index (κ3) is 6.67. The molecule has 7 heteroatoms. The summed E-state index contributed by atoms with van der Waals surface area (Å²) in [5.41, 5.74) is -0.500. The Bertz CT molecular complexity index is 419. The summed E-state index contributed by atoms with van der Waals surface area (Å²) < 4.78 is 26.4.